The van der Waals surface area contributed by atoms with Gasteiger partial charge in [-0.2, -0.15) is 0 Å². The minimum Gasteiger partial charge on any atom is -0.376 e. The fourth-order valence-corrected chi connectivity index (χ4v) is 3.96. The molecule has 0 aromatic heterocycles. The van der Waals surface area contributed by atoms with E-state index in [1.807, 2.05) is 24.1 Å². The Labute approximate surface area is 166 Å². The van der Waals surface area contributed by atoms with Crippen LogP contribution in [0, 0.1) is 6.92 Å². The third-order valence-corrected chi connectivity index (χ3v) is 5.79. The van der Waals surface area contributed by atoms with Gasteiger partial charge in [0.25, 0.3) is 5.91 Å². The van der Waals surface area contributed by atoms with E-state index in [-0.39, 0.29) is 5.91 Å². The molecule has 5 nitrogen and oxygen atoms in total. The molecule has 1 heterocycles. The molecule has 0 aliphatic carbocycles. The number of piperidine rings is 1. The molecule has 0 spiro atoms. The first-order valence-electron chi connectivity index (χ1n) is 9.44. The van der Waals surface area contributed by atoms with E-state index in [1.54, 1.807) is 18.0 Å². The molecule has 1 aliphatic heterocycles. The Balaban J connectivity index is 1.80. The van der Waals surface area contributed by atoms with Crippen LogP contribution in [0.2, 0.25) is 0 Å². The van der Waals surface area contributed by atoms with Crippen molar-refractivity contribution in [3.05, 3.63) is 47.5 Å². The van der Waals surface area contributed by atoms with Crippen LogP contribution in [0.5, 0.6) is 0 Å². The molecule has 0 unspecified atom stereocenters. The second-order valence-electron chi connectivity index (χ2n) is 6.78. The van der Waals surface area contributed by atoms with Crippen LogP contribution in [0.25, 0.3) is 0 Å². The minimum atomic E-state index is 0.0132. The second kappa shape index (κ2) is 11.3. The summed E-state index contributed by atoms with van der Waals surface area (Å²) in [6, 6.07) is 5.95. The number of ketones is 1. The Bertz CT molecular complexity index is 653. The number of hydrogen-bond acceptors (Lipinski definition) is 5. The summed E-state index contributed by atoms with van der Waals surface area (Å²) in [5, 5.41) is 0. The van der Waals surface area contributed by atoms with Gasteiger partial charge < -0.3 is 9.64 Å². The topological polar surface area (TPSA) is 49.9 Å². The summed E-state index contributed by atoms with van der Waals surface area (Å²) < 4.78 is 7.64. The molecule has 1 fully saturated rings. The lowest BCUT2D eigenvalue weighted by Gasteiger charge is -2.24. The number of rotatable bonds is 10. The van der Waals surface area contributed by atoms with Crippen molar-refractivity contribution < 1.29 is 14.3 Å². The molecule has 0 saturated carbocycles. The summed E-state index contributed by atoms with van der Waals surface area (Å²) in [7, 11) is 1.79. The molecule has 2 rings (SSSR count). The molecule has 1 aromatic carbocycles. The highest BCUT2D eigenvalue weighted by Gasteiger charge is 2.16. The van der Waals surface area contributed by atoms with Gasteiger partial charge in [-0.25, -0.2) is 4.31 Å². The zero-order valence-corrected chi connectivity index (χ0v) is 17.2. The van der Waals surface area contributed by atoms with Crippen LogP contribution < -0.4 is 0 Å². The van der Waals surface area contributed by atoms with Crippen molar-refractivity contribution in [3.8, 4) is 0 Å². The van der Waals surface area contributed by atoms with Crippen molar-refractivity contribution in [2.75, 3.05) is 45.6 Å². The van der Waals surface area contributed by atoms with Crippen LogP contribution in [-0.4, -0.2) is 66.5 Å². The monoisotopic (exact) mass is 390 g/mol. The molecule has 1 aromatic rings. The van der Waals surface area contributed by atoms with Gasteiger partial charge in [0, 0.05) is 50.8 Å². The maximum absolute atomic E-state index is 12.5. The SMILES string of the molecule is C=CCOCCN(C)C(=O)c1ccc(CCSN2CCC(=O)CC2)c(C)c1. The van der Waals surface area contributed by atoms with Gasteiger partial charge in [0.1, 0.15) is 5.78 Å². The Morgan fingerprint density at radius 1 is 1.37 bits per heavy atom. The normalized spacial score (nSPS) is 15.0. The third kappa shape index (κ3) is 7.13. The smallest absolute Gasteiger partial charge is 0.253 e. The first kappa shape index (κ1) is 21.7. The van der Waals surface area contributed by atoms with E-state index in [0.717, 1.165) is 30.8 Å². The standard InChI is InChI=1S/C21H30N2O3S/c1-4-13-26-14-12-22(3)21(25)19-6-5-18(17(2)16-19)9-15-27-23-10-7-20(24)8-11-23/h4-6,16H,1,7-15H2,2-3H3. The maximum atomic E-state index is 12.5. The van der Waals surface area contributed by atoms with Gasteiger partial charge in [-0.15, -0.1) is 6.58 Å². The number of hydrogen-bond donors (Lipinski definition) is 0. The maximum Gasteiger partial charge on any atom is 0.253 e. The average Bonchev–Trinajstić information content (AvgIpc) is 2.67. The van der Waals surface area contributed by atoms with E-state index in [4.69, 9.17) is 4.74 Å². The number of likely N-dealkylation sites (N-methyl/N-ethyl adjacent to an activating group) is 1. The number of benzene rings is 1. The van der Waals surface area contributed by atoms with Crippen molar-refractivity contribution in [1.82, 2.24) is 9.21 Å². The number of amides is 1. The van der Waals surface area contributed by atoms with Crippen LogP contribution in [0.4, 0.5) is 0 Å². The summed E-state index contributed by atoms with van der Waals surface area (Å²) in [6.07, 6.45) is 4.01. The van der Waals surface area contributed by atoms with Crippen molar-refractivity contribution in [3.63, 3.8) is 0 Å². The summed E-state index contributed by atoms with van der Waals surface area (Å²) >= 11 is 1.82. The van der Waals surface area contributed by atoms with E-state index in [9.17, 15) is 9.59 Å². The minimum absolute atomic E-state index is 0.0132. The highest BCUT2D eigenvalue weighted by molar-refractivity contribution is 7.97. The van der Waals surface area contributed by atoms with Gasteiger partial charge >= 0.3 is 0 Å². The zero-order chi connectivity index (χ0) is 19.6. The van der Waals surface area contributed by atoms with Crippen LogP contribution in [0.15, 0.2) is 30.9 Å². The lowest BCUT2D eigenvalue weighted by Crippen LogP contribution is -2.30. The highest BCUT2D eigenvalue weighted by Crippen LogP contribution is 2.20. The van der Waals surface area contributed by atoms with Gasteiger partial charge in [0.05, 0.1) is 13.2 Å². The van der Waals surface area contributed by atoms with Gasteiger partial charge in [-0.1, -0.05) is 24.1 Å². The van der Waals surface area contributed by atoms with E-state index >= 15 is 0 Å². The van der Waals surface area contributed by atoms with E-state index in [1.165, 1.54) is 5.56 Å². The Morgan fingerprint density at radius 2 is 2.11 bits per heavy atom. The summed E-state index contributed by atoms with van der Waals surface area (Å²) in [6.45, 7) is 8.95. The fraction of sp³-hybridized carbons (Fsp3) is 0.524. The molecule has 6 heteroatoms. The number of aryl methyl sites for hydroxylation is 2. The van der Waals surface area contributed by atoms with Gasteiger partial charge in [-0.3, -0.25) is 9.59 Å². The van der Waals surface area contributed by atoms with Gasteiger partial charge in [0.2, 0.25) is 0 Å². The summed E-state index contributed by atoms with van der Waals surface area (Å²) in [5.74, 6) is 1.38. The van der Waals surface area contributed by atoms with E-state index in [2.05, 4.69) is 23.9 Å². The fourth-order valence-electron chi connectivity index (χ4n) is 2.95. The Hall–Kier alpha value is -1.63. The third-order valence-electron chi connectivity index (χ3n) is 4.67. The molecular weight excluding hydrogens is 360 g/mol. The van der Waals surface area contributed by atoms with Crippen molar-refractivity contribution >= 4 is 23.6 Å². The first-order chi connectivity index (χ1) is 13.0. The van der Waals surface area contributed by atoms with Crippen molar-refractivity contribution in [2.45, 2.75) is 26.2 Å². The quantitative estimate of drug-likeness (QED) is 0.349. The number of carbonyl (C=O) groups is 2. The Kier molecular flexibility index (Phi) is 9.04. The average molecular weight is 391 g/mol. The van der Waals surface area contributed by atoms with Crippen LogP contribution in [0.3, 0.4) is 0 Å². The number of carbonyl (C=O) groups excluding carboxylic acids is 2. The number of ether oxygens (including phenoxy) is 1. The number of nitrogens with zero attached hydrogens (tertiary/aromatic N) is 2. The molecule has 1 amide bonds. The Morgan fingerprint density at radius 3 is 2.78 bits per heavy atom. The molecular formula is C21H30N2O3S. The lowest BCUT2D eigenvalue weighted by atomic mass is 10.0. The van der Waals surface area contributed by atoms with Crippen LogP contribution in [0.1, 0.15) is 34.3 Å². The predicted octanol–water partition coefficient (Wildman–Crippen LogP) is 3.13. The lowest BCUT2D eigenvalue weighted by molar-refractivity contribution is -0.120. The molecule has 27 heavy (non-hydrogen) atoms. The molecule has 0 N–H and O–H groups in total. The number of Topliss-reactive ketones (excluding diaryl/α,β-unsaturated/α-hetero) is 1. The molecule has 0 atom stereocenters. The predicted molar refractivity (Wildman–Crippen MR) is 111 cm³/mol. The van der Waals surface area contributed by atoms with E-state index < -0.39 is 0 Å². The van der Waals surface area contributed by atoms with Gasteiger partial charge in [-0.05, 0) is 36.6 Å². The largest absolute Gasteiger partial charge is 0.376 e. The van der Waals surface area contributed by atoms with Crippen molar-refractivity contribution in [1.29, 1.82) is 0 Å². The summed E-state index contributed by atoms with van der Waals surface area (Å²) in [5.41, 5.74) is 3.13. The molecule has 0 bridgehead atoms. The molecule has 148 valence electrons. The highest BCUT2D eigenvalue weighted by atomic mass is 32.2. The van der Waals surface area contributed by atoms with Crippen molar-refractivity contribution in [2.24, 2.45) is 0 Å². The molecule has 1 aliphatic rings. The van der Waals surface area contributed by atoms with Crippen LogP contribution >= 0.6 is 11.9 Å². The van der Waals surface area contributed by atoms with Crippen LogP contribution in [-0.2, 0) is 16.0 Å². The first-order valence-corrected chi connectivity index (χ1v) is 10.4. The molecule has 0 radical (unpaired) electrons. The van der Waals surface area contributed by atoms with Gasteiger partial charge in [0.15, 0.2) is 0 Å². The zero-order valence-electron chi connectivity index (χ0n) is 16.4. The van der Waals surface area contributed by atoms with E-state index in [0.29, 0.717) is 43.9 Å². The second-order valence-corrected chi connectivity index (χ2v) is 7.97. The summed E-state index contributed by atoms with van der Waals surface area (Å²) in [4.78, 5) is 25.5. The molecule has 1 saturated heterocycles.